The van der Waals surface area contributed by atoms with Gasteiger partial charge in [-0.1, -0.05) is 18.2 Å². The predicted octanol–water partition coefficient (Wildman–Crippen LogP) is 2.68. The van der Waals surface area contributed by atoms with Gasteiger partial charge in [-0.25, -0.2) is 0 Å². The van der Waals surface area contributed by atoms with Gasteiger partial charge in [-0.3, -0.25) is 0 Å². The third-order valence-electron chi connectivity index (χ3n) is 3.50. The van der Waals surface area contributed by atoms with E-state index >= 15 is 0 Å². The van der Waals surface area contributed by atoms with Gasteiger partial charge in [-0.2, -0.15) is 0 Å². The van der Waals surface area contributed by atoms with E-state index in [1.807, 2.05) is 0 Å². The number of fused-ring (bicyclic) bond motifs is 2. The van der Waals surface area contributed by atoms with E-state index in [0.717, 1.165) is 12.0 Å². The smallest absolute Gasteiger partial charge is 0.0368 e. The van der Waals surface area contributed by atoms with E-state index in [0.29, 0.717) is 0 Å². The lowest BCUT2D eigenvalue weighted by molar-refractivity contribution is 0.553. The lowest BCUT2D eigenvalue weighted by Crippen LogP contribution is -2.31. The van der Waals surface area contributed by atoms with E-state index in [1.54, 1.807) is 0 Å². The summed E-state index contributed by atoms with van der Waals surface area (Å²) in [5, 5.41) is 0. The Morgan fingerprint density at radius 1 is 1.08 bits per heavy atom. The number of anilines is 1. The molecule has 1 aromatic carbocycles. The van der Waals surface area contributed by atoms with Gasteiger partial charge < -0.3 is 4.90 Å². The number of hydrogen-bond acceptors (Lipinski definition) is 1. The number of hydrogen-bond donors (Lipinski definition) is 0. The summed E-state index contributed by atoms with van der Waals surface area (Å²) in [7, 11) is 0. The summed E-state index contributed by atoms with van der Waals surface area (Å²) in [6, 6.07) is 11.7. The Kier molecular flexibility index (Phi) is 1.58. The average Bonchev–Trinajstić information content (AvgIpc) is 2.80. The van der Waals surface area contributed by atoms with Crippen LogP contribution < -0.4 is 4.90 Å². The highest BCUT2D eigenvalue weighted by atomic mass is 15.2. The molecule has 2 atom stereocenters. The molecule has 0 N–H and O–H groups in total. The van der Waals surface area contributed by atoms with Crippen molar-refractivity contribution in [3.05, 3.63) is 30.3 Å². The van der Waals surface area contributed by atoms with E-state index < -0.39 is 0 Å². The SMILES string of the molecule is c1ccc(N2CC3CCC2C3)cc1. The highest BCUT2D eigenvalue weighted by Crippen LogP contribution is 2.39. The summed E-state index contributed by atoms with van der Waals surface area (Å²) in [5.41, 5.74) is 1.43. The molecule has 2 fully saturated rings. The van der Waals surface area contributed by atoms with Crippen molar-refractivity contribution < 1.29 is 0 Å². The maximum absolute atomic E-state index is 2.59. The zero-order valence-corrected chi connectivity index (χ0v) is 7.82. The van der Waals surface area contributed by atoms with Gasteiger partial charge in [0.25, 0.3) is 0 Å². The van der Waals surface area contributed by atoms with Gasteiger partial charge in [0.2, 0.25) is 0 Å². The number of rotatable bonds is 1. The van der Waals surface area contributed by atoms with Crippen molar-refractivity contribution >= 4 is 5.69 Å². The molecule has 13 heavy (non-hydrogen) atoms. The van der Waals surface area contributed by atoms with Gasteiger partial charge in [-0.05, 0) is 37.3 Å². The Labute approximate surface area is 79.4 Å². The molecule has 1 aliphatic heterocycles. The number of nitrogens with zero attached hydrogens (tertiary/aromatic N) is 1. The summed E-state index contributed by atoms with van der Waals surface area (Å²) in [5.74, 6) is 0.991. The fourth-order valence-corrected chi connectivity index (χ4v) is 2.86. The third-order valence-corrected chi connectivity index (χ3v) is 3.50. The molecular formula is C12H15N. The summed E-state index contributed by atoms with van der Waals surface area (Å²) in [4.78, 5) is 2.59. The molecule has 1 aliphatic carbocycles. The van der Waals surface area contributed by atoms with Gasteiger partial charge in [0, 0.05) is 18.3 Å². The molecule has 1 saturated heterocycles. The van der Waals surface area contributed by atoms with Gasteiger partial charge >= 0.3 is 0 Å². The quantitative estimate of drug-likeness (QED) is 0.631. The first-order chi connectivity index (χ1) is 6.43. The lowest BCUT2D eigenvalue weighted by Gasteiger charge is -2.29. The Bertz CT molecular complexity index is 293. The molecule has 0 amide bonds. The summed E-state index contributed by atoms with van der Waals surface area (Å²) in [6.45, 7) is 1.30. The minimum atomic E-state index is 0.854. The molecule has 0 aromatic heterocycles. The van der Waals surface area contributed by atoms with E-state index in [1.165, 1.54) is 31.5 Å². The molecule has 2 bridgehead atoms. The molecule has 2 aliphatic rings. The van der Waals surface area contributed by atoms with Gasteiger partial charge in [0.05, 0.1) is 0 Å². The molecule has 3 rings (SSSR count). The highest BCUT2D eigenvalue weighted by Gasteiger charge is 2.37. The Morgan fingerprint density at radius 3 is 2.54 bits per heavy atom. The fraction of sp³-hybridized carbons (Fsp3) is 0.500. The average molecular weight is 173 g/mol. The molecule has 1 heteroatoms. The maximum Gasteiger partial charge on any atom is 0.0368 e. The summed E-state index contributed by atoms with van der Waals surface area (Å²) in [6.07, 6.45) is 4.32. The second-order valence-corrected chi connectivity index (χ2v) is 4.32. The van der Waals surface area contributed by atoms with Crippen LogP contribution in [-0.4, -0.2) is 12.6 Å². The van der Waals surface area contributed by atoms with Crippen LogP contribution >= 0.6 is 0 Å². The maximum atomic E-state index is 2.59. The number of benzene rings is 1. The third kappa shape index (κ3) is 1.14. The fourth-order valence-electron chi connectivity index (χ4n) is 2.86. The molecule has 68 valence electrons. The first-order valence-electron chi connectivity index (χ1n) is 5.25. The monoisotopic (exact) mass is 173 g/mol. The van der Waals surface area contributed by atoms with Gasteiger partial charge in [-0.15, -0.1) is 0 Å². The van der Waals surface area contributed by atoms with Crippen LogP contribution in [0.5, 0.6) is 0 Å². The van der Waals surface area contributed by atoms with Gasteiger partial charge in [0.1, 0.15) is 0 Å². The molecule has 0 spiro atoms. The molecule has 1 aromatic rings. The number of para-hydroxylation sites is 1. The van der Waals surface area contributed by atoms with Crippen LogP contribution in [-0.2, 0) is 0 Å². The van der Waals surface area contributed by atoms with Crippen LogP contribution in [0, 0.1) is 5.92 Å². The van der Waals surface area contributed by atoms with E-state index in [-0.39, 0.29) is 0 Å². The second kappa shape index (κ2) is 2.76. The molecule has 1 nitrogen and oxygen atoms in total. The summed E-state index contributed by atoms with van der Waals surface area (Å²) < 4.78 is 0. The first kappa shape index (κ1) is 7.43. The molecule has 2 unspecified atom stereocenters. The second-order valence-electron chi connectivity index (χ2n) is 4.32. The zero-order valence-electron chi connectivity index (χ0n) is 7.82. The summed E-state index contributed by atoms with van der Waals surface area (Å²) >= 11 is 0. The van der Waals surface area contributed by atoms with Crippen LogP contribution in [0.15, 0.2) is 30.3 Å². The van der Waals surface area contributed by atoms with Crippen LogP contribution in [0.1, 0.15) is 19.3 Å². The molecule has 1 heterocycles. The van der Waals surface area contributed by atoms with Crippen molar-refractivity contribution in [3.63, 3.8) is 0 Å². The predicted molar refractivity (Wildman–Crippen MR) is 54.9 cm³/mol. The first-order valence-corrected chi connectivity index (χ1v) is 5.25. The molecule has 0 radical (unpaired) electrons. The standard InChI is InChI=1S/C12H15N/c1-2-4-11(5-3-1)13-9-10-6-7-12(13)8-10/h1-5,10,12H,6-9H2. The van der Waals surface area contributed by atoms with Gasteiger partial charge in [0.15, 0.2) is 0 Å². The minimum absolute atomic E-state index is 0.854. The van der Waals surface area contributed by atoms with Crippen LogP contribution in [0.2, 0.25) is 0 Å². The Hall–Kier alpha value is -0.980. The lowest BCUT2D eigenvalue weighted by atomic mass is 10.1. The zero-order chi connectivity index (χ0) is 8.67. The minimum Gasteiger partial charge on any atom is -0.368 e. The highest BCUT2D eigenvalue weighted by molar-refractivity contribution is 5.48. The topological polar surface area (TPSA) is 3.24 Å². The van der Waals surface area contributed by atoms with Crippen molar-refractivity contribution in [3.8, 4) is 0 Å². The Morgan fingerprint density at radius 2 is 1.92 bits per heavy atom. The van der Waals surface area contributed by atoms with Crippen molar-refractivity contribution in [1.29, 1.82) is 0 Å². The van der Waals surface area contributed by atoms with Crippen molar-refractivity contribution in [2.75, 3.05) is 11.4 Å². The molecule has 1 saturated carbocycles. The van der Waals surface area contributed by atoms with Crippen molar-refractivity contribution in [1.82, 2.24) is 0 Å². The van der Waals surface area contributed by atoms with Crippen LogP contribution in [0.4, 0.5) is 5.69 Å². The van der Waals surface area contributed by atoms with Crippen molar-refractivity contribution in [2.24, 2.45) is 5.92 Å². The Balaban J connectivity index is 1.87. The van der Waals surface area contributed by atoms with E-state index in [2.05, 4.69) is 35.2 Å². The molecular weight excluding hydrogens is 158 g/mol. The van der Waals surface area contributed by atoms with E-state index in [4.69, 9.17) is 0 Å². The number of piperidine rings is 1. The van der Waals surface area contributed by atoms with E-state index in [9.17, 15) is 0 Å². The van der Waals surface area contributed by atoms with Crippen molar-refractivity contribution in [2.45, 2.75) is 25.3 Å². The van der Waals surface area contributed by atoms with Crippen LogP contribution in [0.3, 0.4) is 0 Å². The normalized spacial score (nSPS) is 31.2. The van der Waals surface area contributed by atoms with Crippen LogP contribution in [0.25, 0.3) is 0 Å². The largest absolute Gasteiger partial charge is 0.368 e.